The van der Waals surface area contributed by atoms with Crippen molar-refractivity contribution in [3.63, 3.8) is 0 Å². The highest BCUT2D eigenvalue weighted by Crippen LogP contribution is 2.50. The first kappa shape index (κ1) is 92.5. The molecule has 5 amide bonds. The maximum atomic E-state index is 15.0. The van der Waals surface area contributed by atoms with Gasteiger partial charge in [0.1, 0.15) is 40.4 Å². The van der Waals surface area contributed by atoms with Crippen LogP contribution in [0.15, 0.2) is 163 Å². The summed E-state index contributed by atoms with van der Waals surface area (Å²) in [6.07, 6.45) is 15.4. The Balaban J connectivity index is 0.000000132. The second-order valence-corrected chi connectivity index (χ2v) is 38.9. The smallest absolute Gasteiger partial charge is 0.283 e. The van der Waals surface area contributed by atoms with Crippen molar-refractivity contribution in [2.24, 2.45) is 0 Å². The number of carbonyl (C=O) groups excluding carboxylic acids is 5. The Morgan fingerprint density at radius 1 is 0.420 bits per heavy atom. The van der Waals surface area contributed by atoms with Crippen LogP contribution in [0.5, 0.6) is 0 Å². The largest absolute Gasteiger partial charge is 0.364 e. The van der Waals surface area contributed by atoms with Crippen molar-refractivity contribution < 1.29 is 24.0 Å². The quantitative estimate of drug-likeness (QED) is 0.0825. The first-order chi connectivity index (χ1) is 66.0. The van der Waals surface area contributed by atoms with Crippen LogP contribution in [-0.2, 0) is 30.4 Å². The third kappa shape index (κ3) is 14.9. The van der Waals surface area contributed by atoms with Gasteiger partial charge in [-0.3, -0.25) is 67.0 Å². The lowest BCUT2D eigenvalue weighted by atomic mass is 9.91. The monoisotopic (exact) mass is 1910 g/mol. The van der Waals surface area contributed by atoms with E-state index in [1.807, 2.05) is 178 Å². The first-order valence-electron chi connectivity index (χ1n) is 46.3. The van der Waals surface area contributed by atoms with Gasteiger partial charge >= 0.3 is 0 Å². The average Bonchev–Trinajstić information content (AvgIpc) is 0.819. The van der Waals surface area contributed by atoms with E-state index in [1.54, 1.807) is 68.1 Å². The molecular weight excluding hydrogens is 1810 g/mol. The van der Waals surface area contributed by atoms with E-state index in [9.17, 15) is 33.6 Å². The number of likely N-dealkylation sites (N-methyl/N-ethyl adjacent to an activating group) is 1. The first-order valence-corrected chi connectivity index (χ1v) is 47.4. The Hall–Kier alpha value is -14.6. The van der Waals surface area contributed by atoms with Crippen LogP contribution in [-0.4, -0.2) is 200 Å². The fourth-order valence-electron chi connectivity index (χ4n) is 21.2. The van der Waals surface area contributed by atoms with Crippen molar-refractivity contribution in [3.05, 3.63) is 250 Å². The summed E-state index contributed by atoms with van der Waals surface area (Å²) in [6, 6.07) is 21.2. The van der Waals surface area contributed by atoms with E-state index in [1.165, 1.54) is 23.1 Å². The molecule has 21 rings (SSSR count). The predicted octanol–water partition coefficient (Wildman–Crippen LogP) is 16.8. The number of aromatic nitrogens is 15. The molecule has 15 aromatic rings. The van der Waals surface area contributed by atoms with Crippen LogP contribution < -0.4 is 41.6 Å². The second-order valence-electron chi connectivity index (χ2n) is 37.7. The molecule has 18 heterocycles. The van der Waals surface area contributed by atoms with Crippen LogP contribution in [0.4, 0.5) is 28.4 Å². The van der Waals surface area contributed by atoms with Gasteiger partial charge in [0.2, 0.25) is 23.6 Å². The van der Waals surface area contributed by atoms with Crippen LogP contribution in [0.1, 0.15) is 143 Å². The number of pyridine rings is 9. The van der Waals surface area contributed by atoms with Gasteiger partial charge in [-0.25, -0.2) is 29.9 Å². The number of benzene rings is 3. The number of hydrogen-bond donors (Lipinski definition) is 4. The Bertz CT molecular complexity index is 7960. The molecule has 3 saturated heterocycles. The van der Waals surface area contributed by atoms with E-state index in [-0.39, 0.29) is 101 Å². The number of halogens is 3. The molecule has 0 aliphatic carbocycles. The van der Waals surface area contributed by atoms with Crippen molar-refractivity contribution in [3.8, 4) is 50.8 Å². The molecule has 0 spiro atoms. The molecular formula is C104H104Cl3N23O8. The number of fused-ring (bicyclic) bond motifs is 18. The number of anilines is 5. The molecule has 12 aromatic heterocycles. The summed E-state index contributed by atoms with van der Waals surface area (Å²) in [5, 5.41) is 6.14. The van der Waals surface area contributed by atoms with Crippen molar-refractivity contribution >= 4 is 159 Å². The van der Waals surface area contributed by atoms with Gasteiger partial charge in [0, 0.05) is 114 Å². The van der Waals surface area contributed by atoms with E-state index in [2.05, 4.69) is 78.7 Å². The summed E-state index contributed by atoms with van der Waals surface area (Å²) >= 11 is 21.5. The molecule has 0 radical (unpaired) electrons. The number of amides is 5. The summed E-state index contributed by atoms with van der Waals surface area (Å²) < 4.78 is 4.93. The SMILES string of the molecule is C=CC(=O)N1CC2C(=O)N(C)c3c(c4cc(Cl)c(-c5c(C)ccc6[nH]cnc56)nc4n(-c4c(C)ccnc4C(C)C)c3=O)N2CC1C.C=CC(=O)N1CC2C(=O)Nc3c(c4cc(Cl)c(-c5c(C)ccc6[nH]cnc56)nc4n(-c4c(C)ccnc4C(C)C)c3=O)N2CC1C.C=CC(=O)N1CC2CCc3c(c4cc(Cl)c(-c5c(C)ccc6[nH]cnc56)nc4n(-c4c(C)ccnc4C(C)C)c3=O)N2CC1C. The summed E-state index contributed by atoms with van der Waals surface area (Å²) in [4.78, 5) is 176. The lowest BCUT2D eigenvalue weighted by molar-refractivity contribution is -0.132. The van der Waals surface area contributed by atoms with Gasteiger partial charge < -0.3 is 54.6 Å². The molecule has 6 aliphatic rings. The average molecular weight is 1910 g/mol. The van der Waals surface area contributed by atoms with Crippen molar-refractivity contribution in [2.45, 2.75) is 171 Å². The number of nitrogens with one attached hydrogen (secondary N) is 4. The van der Waals surface area contributed by atoms with E-state index >= 15 is 4.79 Å². The van der Waals surface area contributed by atoms with Gasteiger partial charge in [-0.05, 0) is 199 Å². The van der Waals surface area contributed by atoms with E-state index in [0.717, 1.165) is 118 Å². The Morgan fingerprint density at radius 2 is 0.783 bits per heavy atom. The molecule has 704 valence electrons. The van der Waals surface area contributed by atoms with Gasteiger partial charge in [0.05, 0.1) is 149 Å². The van der Waals surface area contributed by atoms with Gasteiger partial charge in [0.15, 0.2) is 0 Å². The van der Waals surface area contributed by atoms with E-state index in [0.29, 0.717) is 126 Å². The number of imidazole rings is 3. The molecule has 6 aliphatic heterocycles. The Kier molecular flexibility index (Phi) is 23.8. The minimum absolute atomic E-state index is 0.0185. The van der Waals surface area contributed by atoms with Gasteiger partial charge in [-0.2, -0.15) is 0 Å². The number of aromatic amines is 3. The van der Waals surface area contributed by atoms with Crippen LogP contribution in [0.2, 0.25) is 15.1 Å². The van der Waals surface area contributed by atoms with Crippen molar-refractivity contribution in [2.75, 3.05) is 71.2 Å². The molecule has 0 saturated carbocycles. The Labute approximate surface area is 809 Å². The highest BCUT2D eigenvalue weighted by molar-refractivity contribution is 6.36. The minimum atomic E-state index is -0.726. The van der Waals surface area contributed by atoms with Gasteiger partial charge in [-0.1, -0.05) is 114 Å². The molecule has 31 nitrogen and oxygen atoms in total. The molecule has 3 aromatic carbocycles. The van der Waals surface area contributed by atoms with E-state index in [4.69, 9.17) is 59.7 Å². The zero-order valence-corrected chi connectivity index (χ0v) is 81.8. The topological polar surface area (TPSA) is 349 Å². The second kappa shape index (κ2) is 35.5. The van der Waals surface area contributed by atoms with Gasteiger partial charge in [-0.15, -0.1) is 0 Å². The van der Waals surface area contributed by atoms with E-state index < -0.39 is 23.2 Å². The van der Waals surface area contributed by atoms with Crippen LogP contribution in [0.3, 0.4) is 0 Å². The number of carbonyl (C=O) groups is 5. The van der Waals surface area contributed by atoms with Gasteiger partial charge in [0.25, 0.3) is 22.6 Å². The third-order valence-corrected chi connectivity index (χ3v) is 28.8. The number of piperazine rings is 3. The van der Waals surface area contributed by atoms with Crippen LogP contribution >= 0.6 is 34.8 Å². The molecule has 6 unspecified atom stereocenters. The van der Waals surface area contributed by atoms with Crippen LogP contribution in [0.25, 0.3) is 117 Å². The lowest BCUT2D eigenvalue weighted by Crippen LogP contribution is -2.66. The summed E-state index contributed by atoms with van der Waals surface area (Å²) in [5.41, 5.74) is 21.8. The van der Waals surface area contributed by atoms with Crippen LogP contribution in [0, 0.1) is 41.5 Å². The maximum absolute atomic E-state index is 15.0. The number of nitrogens with zero attached hydrogens (tertiary/aromatic N) is 19. The highest BCUT2D eigenvalue weighted by Gasteiger charge is 2.49. The molecule has 6 atom stereocenters. The summed E-state index contributed by atoms with van der Waals surface area (Å²) in [6.45, 7) is 43.1. The molecule has 4 N–H and O–H groups in total. The molecule has 34 heteroatoms. The number of rotatable bonds is 12. The normalized spacial score (nSPS) is 17.9. The van der Waals surface area contributed by atoms with Crippen molar-refractivity contribution in [1.82, 2.24) is 88.2 Å². The zero-order valence-electron chi connectivity index (χ0n) is 79.5. The standard InChI is InChI=1S/C35H35ClN8O3.C35H36ClN7O2.C34H33ClN8O3/c1-8-25(45)42-15-24-34(46)41(7)32-31(43(24)14-20(42)6)21-13-22(36)28(26-18(4)9-10-23-29(26)39-16-38-23)40-33(21)44(35(32)47)30-19(5)11-12-37-27(30)17(2)3;1-7-27(44)41-16-22-9-10-23-33(42(22)15-21(41)6)24-14-25(36)30(28-19(4)8-11-26-31(28)39-17-38-26)40-34(24)43(35(23)45)32-20(5)12-13-37-29(32)18(2)3;1-7-24(44)41-14-23-33(45)40-29-31(42(23)13-19(41)6)20-12-21(35)27(25-17(4)8-9-22-28(25)38-15-37-22)39-32(20)43(34(29)46)30-18(5)10-11-36-26(30)16(2)3/h8-13,16-17,20,24H,1,14-15H2,2-7H3,(H,38,39);7-8,11-14,17-18,21-22H,1,9-10,15-16H2,2-6H3,(H,38,39);7-12,15-16,19,23H,1,13-14H2,2-6H3,(H,37,38)(H,40,45). The summed E-state index contributed by atoms with van der Waals surface area (Å²) in [7, 11) is 1.61. The molecule has 3 fully saturated rings. The number of aryl methyl sites for hydroxylation is 6. The predicted molar refractivity (Wildman–Crippen MR) is 544 cm³/mol. The fraction of sp³-hybridized carbons (Fsp3) is 0.317. The molecule has 138 heavy (non-hydrogen) atoms. The molecule has 0 bridgehead atoms. The Morgan fingerprint density at radius 3 is 1.19 bits per heavy atom. The summed E-state index contributed by atoms with van der Waals surface area (Å²) in [5.74, 6) is -1.18. The maximum Gasteiger partial charge on any atom is 0.283 e. The lowest BCUT2D eigenvalue weighted by Gasteiger charge is -2.49. The highest BCUT2D eigenvalue weighted by atomic mass is 35.5. The zero-order chi connectivity index (χ0) is 97.8. The third-order valence-electron chi connectivity index (χ3n) is 28.0. The number of H-pyrrole nitrogens is 3. The van der Waals surface area contributed by atoms with Crippen molar-refractivity contribution in [1.29, 1.82) is 0 Å². The minimum Gasteiger partial charge on any atom is -0.364 e. The number of hydrogen-bond acceptors (Lipinski definition) is 20. The fourth-order valence-corrected chi connectivity index (χ4v) is 21.9.